The second-order valence-corrected chi connectivity index (χ2v) is 18.1. The van der Waals surface area contributed by atoms with Crippen LogP contribution in [-0.4, -0.2) is 0 Å². The van der Waals surface area contributed by atoms with Crippen LogP contribution in [0, 0.1) is 0 Å². The maximum atomic E-state index is 2.51. The number of hydrogen-bond donors (Lipinski definition) is 0. The topological polar surface area (TPSA) is 3.24 Å². The van der Waals surface area contributed by atoms with E-state index < -0.39 is 0 Å². The van der Waals surface area contributed by atoms with Crippen molar-refractivity contribution >= 4 is 17.1 Å². The number of nitrogens with zero attached hydrogens (tertiary/aromatic N) is 1. The summed E-state index contributed by atoms with van der Waals surface area (Å²) in [6, 6.07) is 66.2. The van der Waals surface area contributed by atoms with Crippen molar-refractivity contribution in [2.45, 2.75) is 57.8 Å². The summed E-state index contributed by atoms with van der Waals surface area (Å²) in [5, 5.41) is 0. The van der Waals surface area contributed by atoms with Gasteiger partial charge in [0.1, 0.15) is 0 Å². The lowest BCUT2D eigenvalue weighted by molar-refractivity contribution is 0.660. The monoisotopic (exact) mass is 745 g/mol. The minimum atomic E-state index is -0.126. The van der Waals surface area contributed by atoms with E-state index in [2.05, 4.69) is 222 Å². The molecule has 8 aromatic carbocycles. The van der Waals surface area contributed by atoms with Crippen LogP contribution >= 0.6 is 0 Å². The second-order valence-electron chi connectivity index (χ2n) is 18.1. The molecular weight excluding hydrogens is 699 g/mol. The molecule has 3 aliphatic carbocycles. The molecule has 0 N–H and O–H groups in total. The third-order valence-electron chi connectivity index (χ3n) is 13.9. The van der Waals surface area contributed by atoms with Gasteiger partial charge in [-0.25, -0.2) is 0 Å². The van der Waals surface area contributed by atoms with Crippen molar-refractivity contribution in [2.24, 2.45) is 0 Å². The quantitative estimate of drug-likeness (QED) is 0.170. The van der Waals surface area contributed by atoms with Crippen LogP contribution in [0.5, 0.6) is 0 Å². The Morgan fingerprint density at radius 3 is 1.43 bits per heavy atom. The average molecular weight is 746 g/mol. The van der Waals surface area contributed by atoms with Gasteiger partial charge in [-0.2, -0.15) is 0 Å². The highest BCUT2D eigenvalue weighted by molar-refractivity contribution is 5.99. The first-order chi connectivity index (χ1) is 28.0. The molecule has 0 spiro atoms. The summed E-state index contributed by atoms with van der Waals surface area (Å²) in [7, 11) is 0. The van der Waals surface area contributed by atoms with Gasteiger partial charge in [0.05, 0.1) is 5.69 Å². The molecule has 0 heterocycles. The van der Waals surface area contributed by atoms with Gasteiger partial charge in [0.25, 0.3) is 0 Å². The number of hydrogen-bond acceptors (Lipinski definition) is 1. The molecule has 0 saturated carbocycles. The molecule has 0 amide bonds. The van der Waals surface area contributed by atoms with Crippen molar-refractivity contribution in [3.63, 3.8) is 0 Å². The van der Waals surface area contributed by atoms with Crippen LogP contribution in [0.4, 0.5) is 17.1 Å². The van der Waals surface area contributed by atoms with Crippen LogP contribution < -0.4 is 4.90 Å². The molecule has 280 valence electrons. The fourth-order valence-electron chi connectivity index (χ4n) is 10.8. The lowest BCUT2D eigenvalue weighted by atomic mass is 9.81. The summed E-state index contributed by atoms with van der Waals surface area (Å²) in [6.07, 6.45) is 0. The molecule has 0 atom stereocenters. The Balaban J connectivity index is 1.12. The lowest BCUT2D eigenvalue weighted by Gasteiger charge is -2.30. The molecule has 3 aliphatic rings. The maximum absolute atomic E-state index is 2.51. The average Bonchev–Trinajstić information content (AvgIpc) is 3.74. The molecule has 0 unspecified atom stereocenters. The van der Waals surface area contributed by atoms with E-state index in [1.54, 1.807) is 0 Å². The first-order valence-corrected chi connectivity index (χ1v) is 20.8. The zero-order valence-electron chi connectivity index (χ0n) is 34.2. The van der Waals surface area contributed by atoms with E-state index in [0.29, 0.717) is 0 Å². The van der Waals surface area contributed by atoms with Crippen LogP contribution in [0.1, 0.15) is 74.9 Å². The number of fused-ring (bicyclic) bond motifs is 9. The maximum Gasteiger partial charge on any atom is 0.0540 e. The third kappa shape index (κ3) is 4.83. The molecule has 0 radical (unpaired) electrons. The minimum Gasteiger partial charge on any atom is -0.310 e. The summed E-state index contributed by atoms with van der Waals surface area (Å²) in [6.45, 7) is 14.2. The van der Waals surface area contributed by atoms with Crippen LogP contribution in [0.25, 0.3) is 55.6 Å². The Hall–Kier alpha value is -6.44. The zero-order chi connectivity index (χ0) is 39.6. The standard InChI is InChI=1S/C57H47N/c1-55(2)49-26-13-9-22-46(49)54-45(23-16-27-50(54)55)44-21-10-14-28-53(44)58(39-30-32-43-41-20-8-12-25-48(41)57(5,6)52(43)35-39)38-18-15-17-36(33-38)37-29-31-42-40-19-7-11-24-47(40)56(3,4)51(42)34-37/h7-35H,1-6H3. The van der Waals surface area contributed by atoms with E-state index in [1.807, 2.05) is 0 Å². The van der Waals surface area contributed by atoms with Crippen molar-refractivity contribution < 1.29 is 0 Å². The SMILES string of the molecule is CC1(C)c2ccccc2-c2ccc(-c3cccc(N(c4ccc5c(c4)C(C)(C)c4ccccc4-5)c4ccccc4-c4cccc5c4-c4ccccc4C5(C)C)c3)cc21. The van der Waals surface area contributed by atoms with Gasteiger partial charge in [0.2, 0.25) is 0 Å². The Morgan fingerprint density at radius 2 is 0.741 bits per heavy atom. The van der Waals surface area contributed by atoms with E-state index >= 15 is 0 Å². The molecule has 8 aromatic rings. The van der Waals surface area contributed by atoms with Gasteiger partial charge in [-0.05, 0) is 120 Å². The van der Waals surface area contributed by atoms with Gasteiger partial charge in [0.15, 0.2) is 0 Å². The van der Waals surface area contributed by atoms with E-state index in [4.69, 9.17) is 0 Å². The largest absolute Gasteiger partial charge is 0.310 e. The van der Waals surface area contributed by atoms with Crippen molar-refractivity contribution in [3.05, 3.63) is 209 Å². The van der Waals surface area contributed by atoms with Gasteiger partial charge in [-0.3, -0.25) is 0 Å². The zero-order valence-corrected chi connectivity index (χ0v) is 34.2. The van der Waals surface area contributed by atoms with Gasteiger partial charge >= 0.3 is 0 Å². The molecule has 58 heavy (non-hydrogen) atoms. The van der Waals surface area contributed by atoms with E-state index in [1.165, 1.54) is 89.0 Å². The lowest BCUT2D eigenvalue weighted by Crippen LogP contribution is -2.17. The molecule has 1 heteroatoms. The van der Waals surface area contributed by atoms with Gasteiger partial charge in [0, 0.05) is 33.2 Å². The fourth-order valence-corrected chi connectivity index (χ4v) is 10.8. The van der Waals surface area contributed by atoms with Crippen LogP contribution in [0.15, 0.2) is 176 Å². The molecule has 0 saturated heterocycles. The predicted molar refractivity (Wildman–Crippen MR) is 245 cm³/mol. The summed E-state index contributed by atoms with van der Waals surface area (Å²) < 4.78 is 0. The van der Waals surface area contributed by atoms with E-state index in [-0.39, 0.29) is 16.2 Å². The first kappa shape index (κ1) is 34.8. The summed E-state index contributed by atoms with van der Waals surface area (Å²) in [5.41, 5.74) is 24.5. The summed E-state index contributed by atoms with van der Waals surface area (Å²) >= 11 is 0. The summed E-state index contributed by atoms with van der Waals surface area (Å²) in [5.74, 6) is 0. The molecule has 0 aliphatic heterocycles. The third-order valence-corrected chi connectivity index (χ3v) is 13.9. The van der Waals surface area contributed by atoms with Gasteiger partial charge in [-0.15, -0.1) is 0 Å². The first-order valence-electron chi connectivity index (χ1n) is 20.8. The highest BCUT2D eigenvalue weighted by atomic mass is 15.1. The van der Waals surface area contributed by atoms with Gasteiger partial charge in [-0.1, -0.05) is 181 Å². The Labute approximate surface area is 343 Å². The van der Waals surface area contributed by atoms with Crippen molar-refractivity contribution in [2.75, 3.05) is 4.90 Å². The Bertz CT molecular complexity index is 2990. The fraction of sp³-hybridized carbons (Fsp3) is 0.158. The highest BCUT2D eigenvalue weighted by Gasteiger charge is 2.39. The van der Waals surface area contributed by atoms with Crippen LogP contribution in [-0.2, 0) is 16.2 Å². The summed E-state index contributed by atoms with van der Waals surface area (Å²) in [4.78, 5) is 2.51. The molecule has 0 aromatic heterocycles. The Morgan fingerprint density at radius 1 is 0.293 bits per heavy atom. The predicted octanol–water partition coefficient (Wildman–Crippen LogP) is 15.4. The van der Waals surface area contributed by atoms with Crippen molar-refractivity contribution in [1.82, 2.24) is 0 Å². The van der Waals surface area contributed by atoms with Crippen molar-refractivity contribution in [3.8, 4) is 55.6 Å². The minimum absolute atomic E-state index is 0.0670. The van der Waals surface area contributed by atoms with Crippen molar-refractivity contribution in [1.29, 1.82) is 0 Å². The van der Waals surface area contributed by atoms with Crippen LogP contribution in [0.2, 0.25) is 0 Å². The molecule has 11 rings (SSSR count). The molecular formula is C57H47N. The molecule has 0 bridgehead atoms. The number of anilines is 3. The smallest absolute Gasteiger partial charge is 0.0540 e. The number of para-hydroxylation sites is 1. The highest BCUT2D eigenvalue weighted by Crippen LogP contribution is 2.56. The van der Waals surface area contributed by atoms with Gasteiger partial charge < -0.3 is 4.90 Å². The second kappa shape index (κ2) is 12.3. The van der Waals surface area contributed by atoms with Crippen LogP contribution in [0.3, 0.4) is 0 Å². The Kier molecular flexibility index (Phi) is 7.36. The molecule has 0 fully saturated rings. The number of benzene rings is 8. The normalized spacial score (nSPS) is 15.5. The molecule has 1 nitrogen and oxygen atoms in total. The van der Waals surface area contributed by atoms with E-state index in [0.717, 1.165) is 17.1 Å². The van der Waals surface area contributed by atoms with E-state index in [9.17, 15) is 0 Å². The number of rotatable bonds is 5.